The van der Waals surface area contributed by atoms with Crippen molar-refractivity contribution >= 4 is 5.97 Å². The molecule has 0 saturated carbocycles. The monoisotopic (exact) mass is 235 g/mol. The van der Waals surface area contributed by atoms with Crippen LogP contribution in [0.4, 0.5) is 0 Å². The summed E-state index contributed by atoms with van der Waals surface area (Å²) in [5.74, 6) is -0.211. The van der Waals surface area contributed by atoms with E-state index in [1.807, 2.05) is 0 Å². The molecular formula is C12H17N3O2. The molecule has 1 aromatic heterocycles. The van der Waals surface area contributed by atoms with Gasteiger partial charge < -0.3 is 5.11 Å². The van der Waals surface area contributed by atoms with Gasteiger partial charge in [-0.3, -0.25) is 4.90 Å². The summed E-state index contributed by atoms with van der Waals surface area (Å²) in [5.41, 5.74) is 0.830. The summed E-state index contributed by atoms with van der Waals surface area (Å²) in [6.07, 6.45) is 5.17. The second-order valence-corrected chi connectivity index (χ2v) is 4.49. The van der Waals surface area contributed by atoms with Gasteiger partial charge in [0.15, 0.2) is 0 Å². The molecule has 1 fully saturated rings. The van der Waals surface area contributed by atoms with Crippen LogP contribution >= 0.6 is 0 Å². The largest absolute Gasteiger partial charge is 0.478 e. The van der Waals surface area contributed by atoms with Crippen LogP contribution in [-0.4, -0.2) is 39.0 Å². The first-order chi connectivity index (χ1) is 8.20. The normalized spacial score (nSPS) is 20.6. The quantitative estimate of drug-likeness (QED) is 0.854. The van der Waals surface area contributed by atoms with Crippen LogP contribution in [-0.2, 0) is 6.54 Å². The molecule has 1 aliphatic rings. The van der Waals surface area contributed by atoms with Crippen molar-refractivity contribution in [2.75, 3.05) is 13.1 Å². The zero-order valence-electron chi connectivity index (χ0n) is 9.96. The van der Waals surface area contributed by atoms with Crippen LogP contribution in [0.5, 0.6) is 0 Å². The minimum Gasteiger partial charge on any atom is -0.478 e. The Balaban J connectivity index is 2.06. The molecule has 5 heteroatoms. The Kier molecular flexibility index (Phi) is 3.68. The van der Waals surface area contributed by atoms with E-state index >= 15 is 0 Å². The Bertz CT molecular complexity index is 408. The van der Waals surface area contributed by atoms with Crippen LogP contribution in [0.2, 0.25) is 0 Å². The molecule has 17 heavy (non-hydrogen) atoms. The van der Waals surface area contributed by atoms with Gasteiger partial charge in [0.05, 0.1) is 5.69 Å². The predicted octanol–water partition coefficient (Wildman–Crippen LogP) is 1.41. The summed E-state index contributed by atoms with van der Waals surface area (Å²) in [6, 6.07) is 0. The van der Waals surface area contributed by atoms with E-state index in [2.05, 4.69) is 21.8 Å². The smallest absolute Gasteiger partial charge is 0.339 e. The lowest BCUT2D eigenvalue weighted by Gasteiger charge is -2.15. The number of hydrogen-bond acceptors (Lipinski definition) is 4. The number of carbonyl (C=O) groups is 1. The third-order valence-electron chi connectivity index (χ3n) is 3.35. The molecule has 1 N–H and O–H groups in total. The van der Waals surface area contributed by atoms with Gasteiger partial charge in [-0.15, -0.1) is 0 Å². The van der Waals surface area contributed by atoms with Crippen LogP contribution in [0, 0.1) is 5.92 Å². The molecule has 0 radical (unpaired) electrons. The average molecular weight is 235 g/mol. The molecule has 1 atom stereocenters. The fraction of sp³-hybridized carbons (Fsp3) is 0.583. The number of likely N-dealkylation sites (tertiary alicyclic amines) is 1. The van der Waals surface area contributed by atoms with Crippen LogP contribution in [0.25, 0.3) is 0 Å². The van der Waals surface area contributed by atoms with Crippen molar-refractivity contribution in [3.8, 4) is 0 Å². The second-order valence-electron chi connectivity index (χ2n) is 4.49. The van der Waals surface area contributed by atoms with Crippen molar-refractivity contribution < 1.29 is 9.90 Å². The van der Waals surface area contributed by atoms with Crippen LogP contribution in [0.3, 0.4) is 0 Å². The molecule has 2 heterocycles. The Morgan fingerprint density at radius 2 is 2.47 bits per heavy atom. The third-order valence-corrected chi connectivity index (χ3v) is 3.35. The number of hydrogen-bond donors (Lipinski definition) is 1. The Morgan fingerprint density at radius 1 is 1.65 bits per heavy atom. The molecule has 0 spiro atoms. The number of aromatic nitrogens is 2. The van der Waals surface area contributed by atoms with Crippen molar-refractivity contribution in [2.45, 2.75) is 26.3 Å². The molecular weight excluding hydrogens is 218 g/mol. The molecule has 0 aliphatic carbocycles. The first-order valence-corrected chi connectivity index (χ1v) is 5.95. The van der Waals surface area contributed by atoms with E-state index in [4.69, 9.17) is 5.11 Å². The summed E-state index contributed by atoms with van der Waals surface area (Å²) < 4.78 is 0. The molecule has 1 aromatic rings. The Morgan fingerprint density at radius 3 is 3.12 bits per heavy atom. The van der Waals surface area contributed by atoms with Gasteiger partial charge in [0.25, 0.3) is 0 Å². The molecule has 0 aromatic carbocycles. The van der Waals surface area contributed by atoms with Gasteiger partial charge in [-0.1, -0.05) is 13.3 Å². The van der Waals surface area contributed by atoms with Gasteiger partial charge >= 0.3 is 5.97 Å². The average Bonchev–Trinajstić information content (AvgIpc) is 2.77. The molecule has 5 nitrogen and oxygen atoms in total. The zero-order valence-corrected chi connectivity index (χ0v) is 9.96. The third kappa shape index (κ3) is 2.79. The van der Waals surface area contributed by atoms with Gasteiger partial charge in [-0.05, 0) is 18.9 Å². The lowest BCUT2D eigenvalue weighted by molar-refractivity contribution is 0.0693. The highest BCUT2D eigenvalue weighted by molar-refractivity contribution is 5.88. The lowest BCUT2D eigenvalue weighted by Crippen LogP contribution is -2.22. The van der Waals surface area contributed by atoms with Crippen molar-refractivity contribution in [3.63, 3.8) is 0 Å². The highest BCUT2D eigenvalue weighted by Crippen LogP contribution is 2.21. The SMILES string of the molecule is CCC1CCN(Cc2ncncc2C(=O)O)C1. The van der Waals surface area contributed by atoms with E-state index in [0.29, 0.717) is 12.2 Å². The first kappa shape index (κ1) is 12.0. The topological polar surface area (TPSA) is 66.3 Å². The molecule has 92 valence electrons. The van der Waals surface area contributed by atoms with Crippen molar-refractivity contribution in [3.05, 3.63) is 23.8 Å². The van der Waals surface area contributed by atoms with Gasteiger partial charge in [-0.2, -0.15) is 0 Å². The van der Waals surface area contributed by atoms with Crippen molar-refractivity contribution in [1.29, 1.82) is 0 Å². The number of nitrogens with zero attached hydrogens (tertiary/aromatic N) is 3. The highest BCUT2D eigenvalue weighted by Gasteiger charge is 2.23. The number of aromatic carboxylic acids is 1. The van der Waals surface area contributed by atoms with E-state index in [-0.39, 0.29) is 5.56 Å². The summed E-state index contributed by atoms with van der Waals surface area (Å²) >= 11 is 0. The number of carboxylic acid groups (broad SMARTS) is 1. The number of rotatable bonds is 4. The summed E-state index contributed by atoms with van der Waals surface area (Å²) in [6.45, 7) is 4.88. The van der Waals surface area contributed by atoms with E-state index in [1.54, 1.807) is 0 Å². The molecule has 2 rings (SSSR count). The molecule has 1 aliphatic heterocycles. The lowest BCUT2D eigenvalue weighted by atomic mass is 10.1. The van der Waals surface area contributed by atoms with Crippen LogP contribution in [0.15, 0.2) is 12.5 Å². The maximum atomic E-state index is 11.0. The summed E-state index contributed by atoms with van der Waals surface area (Å²) in [7, 11) is 0. The van der Waals surface area contributed by atoms with E-state index < -0.39 is 5.97 Å². The standard InChI is InChI=1S/C12H17N3O2/c1-2-9-3-4-15(6-9)7-11-10(12(16)17)5-13-8-14-11/h5,8-9H,2-4,6-7H2,1H3,(H,16,17). The Labute approximate surface area is 100 Å². The maximum absolute atomic E-state index is 11.0. The van der Waals surface area contributed by atoms with E-state index in [9.17, 15) is 4.79 Å². The van der Waals surface area contributed by atoms with Gasteiger partial charge in [0.1, 0.15) is 11.9 Å². The summed E-state index contributed by atoms with van der Waals surface area (Å²) in [5, 5.41) is 9.04. The minimum absolute atomic E-state index is 0.215. The Hall–Kier alpha value is -1.49. The minimum atomic E-state index is -0.952. The van der Waals surface area contributed by atoms with Gasteiger partial charge in [0.2, 0.25) is 0 Å². The van der Waals surface area contributed by atoms with E-state index in [0.717, 1.165) is 19.0 Å². The number of carboxylic acids is 1. The van der Waals surface area contributed by atoms with Gasteiger partial charge in [0, 0.05) is 19.3 Å². The summed E-state index contributed by atoms with van der Waals surface area (Å²) in [4.78, 5) is 21.1. The van der Waals surface area contributed by atoms with Crippen molar-refractivity contribution in [1.82, 2.24) is 14.9 Å². The maximum Gasteiger partial charge on any atom is 0.339 e. The fourth-order valence-corrected chi connectivity index (χ4v) is 2.26. The second kappa shape index (κ2) is 5.23. The molecule has 0 amide bonds. The van der Waals surface area contributed by atoms with Gasteiger partial charge in [-0.25, -0.2) is 14.8 Å². The van der Waals surface area contributed by atoms with Crippen LogP contribution < -0.4 is 0 Å². The fourth-order valence-electron chi connectivity index (χ4n) is 2.26. The molecule has 1 unspecified atom stereocenters. The first-order valence-electron chi connectivity index (χ1n) is 5.95. The van der Waals surface area contributed by atoms with Crippen molar-refractivity contribution in [2.24, 2.45) is 5.92 Å². The highest BCUT2D eigenvalue weighted by atomic mass is 16.4. The van der Waals surface area contributed by atoms with Crippen LogP contribution in [0.1, 0.15) is 35.8 Å². The predicted molar refractivity (Wildman–Crippen MR) is 62.7 cm³/mol. The molecule has 1 saturated heterocycles. The van der Waals surface area contributed by atoms with E-state index in [1.165, 1.54) is 25.4 Å². The zero-order chi connectivity index (χ0) is 12.3. The molecule has 0 bridgehead atoms.